The molecular weight excluding hydrogens is 390 g/mol. The molecule has 0 saturated heterocycles. The van der Waals surface area contributed by atoms with Gasteiger partial charge in [-0.3, -0.25) is 4.79 Å². The molecule has 0 radical (unpaired) electrons. The van der Waals surface area contributed by atoms with Gasteiger partial charge >= 0.3 is 0 Å². The predicted molar refractivity (Wildman–Crippen MR) is 103 cm³/mol. The highest BCUT2D eigenvalue weighted by Gasteiger charge is 2.34. The van der Waals surface area contributed by atoms with Gasteiger partial charge in [-0.1, -0.05) is 70.2 Å². The van der Waals surface area contributed by atoms with Gasteiger partial charge in [-0.05, 0) is 43.7 Å². The largest absolute Gasteiger partial charge is 0.362 e. The van der Waals surface area contributed by atoms with E-state index in [0.717, 1.165) is 16.8 Å². The average molecular weight is 406 g/mol. The van der Waals surface area contributed by atoms with Crippen molar-refractivity contribution >= 4 is 58.0 Å². The molecule has 0 saturated carbocycles. The Labute approximate surface area is 161 Å². The highest BCUT2D eigenvalue weighted by molar-refractivity contribution is 6.68. The fraction of sp³-hybridized carbons (Fsp3) is 0.235. The Bertz CT molecular complexity index is 744. The summed E-state index contributed by atoms with van der Waals surface area (Å²) in [5, 5.41) is 6.21. The lowest BCUT2D eigenvalue weighted by atomic mass is 10.1. The van der Waals surface area contributed by atoms with Crippen molar-refractivity contribution in [3.05, 3.63) is 64.2 Å². The van der Waals surface area contributed by atoms with Crippen LogP contribution < -0.4 is 10.6 Å². The summed E-state index contributed by atoms with van der Waals surface area (Å²) in [7, 11) is 0. The van der Waals surface area contributed by atoms with E-state index in [4.69, 9.17) is 46.4 Å². The van der Waals surface area contributed by atoms with Crippen molar-refractivity contribution in [3.8, 4) is 0 Å². The lowest BCUT2D eigenvalue weighted by molar-refractivity contribution is 0.0942. The second kappa shape index (κ2) is 7.83. The normalized spacial score (nSPS) is 12.6. The van der Waals surface area contributed by atoms with E-state index in [1.807, 2.05) is 32.0 Å². The molecule has 24 heavy (non-hydrogen) atoms. The monoisotopic (exact) mass is 404 g/mol. The van der Waals surface area contributed by atoms with Gasteiger partial charge in [-0.25, -0.2) is 0 Å². The van der Waals surface area contributed by atoms with E-state index in [1.165, 1.54) is 0 Å². The Morgan fingerprint density at radius 2 is 1.79 bits per heavy atom. The summed E-state index contributed by atoms with van der Waals surface area (Å²) in [5.74, 6) is -0.397. The van der Waals surface area contributed by atoms with Crippen LogP contribution in [-0.2, 0) is 0 Å². The van der Waals surface area contributed by atoms with Crippen LogP contribution in [0.4, 0.5) is 5.69 Å². The summed E-state index contributed by atoms with van der Waals surface area (Å²) in [6.45, 7) is 3.92. The molecule has 2 N–H and O–H groups in total. The van der Waals surface area contributed by atoms with Gasteiger partial charge < -0.3 is 10.6 Å². The number of anilines is 1. The topological polar surface area (TPSA) is 41.1 Å². The average Bonchev–Trinajstić information content (AvgIpc) is 2.48. The highest BCUT2D eigenvalue weighted by atomic mass is 35.6. The second-order valence-corrected chi connectivity index (χ2v) is 8.23. The molecule has 7 heteroatoms. The van der Waals surface area contributed by atoms with Gasteiger partial charge in [-0.2, -0.15) is 0 Å². The molecule has 1 unspecified atom stereocenters. The van der Waals surface area contributed by atoms with Gasteiger partial charge in [0.2, 0.25) is 3.79 Å². The van der Waals surface area contributed by atoms with Crippen LogP contribution in [0, 0.1) is 13.8 Å². The third kappa shape index (κ3) is 5.18. The quantitative estimate of drug-likeness (QED) is 0.521. The standard InChI is InChI=1S/C17H16Cl4N2O/c1-10-6-7-14(11(2)8-10)22-16(17(19,20)21)23-15(24)12-4-3-5-13(18)9-12/h3-9,16,22H,1-2H3,(H,23,24). The lowest BCUT2D eigenvalue weighted by Gasteiger charge is -2.28. The summed E-state index contributed by atoms with van der Waals surface area (Å²) < 4.78 is -1.74. The summed E-state index contributed by atoms with van der Waals surface area (Å²) in [4.78, 5) is 12.4. The lowest BCUT2D eigenvalue weighted by Crippen LogP contribution is -2.49. The number of alkyl halides is 3. The zero-order chi connectivity index (χ0) is 17.9. The van der Waals surface area contributed by atoms with Gasteiger partial charge in [0.25, 0.3) is 5.91 Å². The first-order valence-electron chi connectivity index (χ1n) is 7.14. The zero-order valence-corrected chi connectivity index (χ0v) is 16.1. The molecule has 0 aliphatic carbocycles. The van der Waals surface area contributed by atoms with E-state index in [1.54, 1.807) is 24.3 Å². The van der Waals surface area contributed by atoms with Gasteiger partial charge in [0.1, 0.15) is 6.17 Å². The number of nitrogens with one attached hydrogen (secondary N) is 2. The number of halogens is 4. The van der Waals surface area contributed by atoms with Gasteiger partial charge in [0, 0.05) is 16.3 Å². The van der Waals surface area contributed by atoms with E-state index in [-0.39, 0.29) is 0 Å². The number of rotatable bonds is 4. The first-order valence-corrected chi connectivity index (χ1v) is 8.65. The predicted octanol–water partition coefficient (Wildman–Crippen LogP) is 5.50. The Kier molecular flexibility index (Phi) is 6.27. The summed E-state index contributed by atoms with van der Waals surface area (Å²) in [5.41, 5.74) is 3.24. The maximum absolute atomic E-state index is 12.4. The maximum atomic E-state index is 12.4. The van der Waals surface area contributed by atoms with E-state index in [9.17, 15) is 4.79 Å². The molecule has 0 aromatic heterocycles. The Balaban J connectivity index is 2.21. The minimum absolute atomic E-state index is 0.379. The zero-order valence-electron chi connectivity index (χ0n) is 13.0. The van der Waals surface area contributed by atoms with Crippen molar-refractivity contribution < 1.29 is 4.79 Å². The van der Waals surface area contributed by atoms with Gasteiger partial charge in [0.15, 0.2) is 0 Å². The maximum Gasteiger partial charge on any atom is 0.253 e. The van der Waals surface area contributed by atoms with Crippen LogP contribution in [0.15, 0.2) is 42.5 Å². The minimum atomic E-state index is -1.74. The van der Waals surface area contributed by atoms with Crippen molar-refractivity contribution in [2.24, 2.45) is 0 Å². The Morgan fingerprint density at radius 1 is 1.08 bits per heavy atom. The molecule has 2 aromatic carbocycles. The fourth-order valence-corrected chi connectivity index (χ4v) is 2.69. The van der Waals surface area contributed by atoms with Crippen molar-refractivity contribution in [1.29, 1.82) is 0 Å². The second-order valence-electron chi connectivity index (χ2n) is 5.42. The fourth-order valence-electron chi connectivity index (χ4n) is 2.17. The van der Waals surface area contributed by atoms with Crippen molar-refractivity contribution in [1.82, 2.24) is 5.32 Å². The molecule has 128 valence electrons. The first kappa shape index (κ1) is 19.2. The van der Waals surface area contributed by atoms with Crippen LogP contribution in [0.1, 0.15) is 21.5 Å². The number of carbonyl (C=O) groups excluding carboxylic acids is 1. The van der Waals surface area contributed by atoms with Crippen molar-refractivity contribution in [2.45, 2.75) is 23.8 Å². The highest BCUT2D eigenvalue weighted by Crippen LogP contribution is 2.32. The van der Waals surface area contributed by atoms with Crippen molar-refractivity contribution in [2.75, 3.05) is 5.32 Å². The van der Waals surface area contributed by atoms with Gasteiger partial charge in [0.05, 0.1) is 0 Å². The third-order valence-electron chi connectivity index (χ3n) is 3.37. The van der Waals surface area contributed by atoms with Crippen molar-refractivity contribution in [3.63, 3.8) is 0 Å². The van der Waals surface area contributed by atoms with E-state index in [0.29, 0.717) is 10.6 Å². The first-order chi connectivity index (χ1) is 11.2. The molecule has 2 aromatic rings. The molecule has 0 fully saturated rings. The molecule has 0 bridgehead atoms. The molecule has 3 nitrogen and oxygen atoms in total. The number of amides is 1. The number of hydrogen-bond donors (Lipinski definition) is 2. The number of carbonyl (C=O) groups is 1. The van der Waals surface area contributed by atoms with Crippen LogP contribution in [0.5, 0.6) is 0 Å². The van der Waals surface area contributed by atoms with Gasteiger partial charge in [-0.15, -0.1) is 0 Å². The molecule has 0 aliphatic heterocycles. The van der Waals surface area contributed by atoms with Crippen LogP contribution in [-0.4, -0.2) is 15.9 Å². The number of hydrogen-bond acceptors (Lipinski definition) is 2. The van der Waals surface area contributed by atoms with E-state index >= 15 is 0 Å². The van der Waals surface area contributed by atoms with Crippen LogP contribution in [0.25, 0.3) is 0 Å². The Morgan fingerprint density at radius 3 is 2.38 bits per heavy atom. The minimum Gasteiger partial charge on any atom is -0.362 e. The molecule has 2 rings (SSSR count). The molecular formula is C17H16Cl4N2O. The smallest absolute Gasteiger partial charge is 0.253 e. The van der Waals surface area contributed by atoms with E-state index < -0.39 is 15.9 Å². The summed E-state index contributed by atoms with van der Waals surface area (Å²) in [6.07, 6.45) is -0.921. The van der Waals surface area contributed by atoms with Crippen LogP contribution in [0.3, 0.4) is 0 Å². The molecule has 0 heterocycles. The third-order valence-corrected chi connectivity index (χ3v) is 4.26. The summed E-state index contributed by atoms with van der Waals surface area (Å²) in [6, 6.07) is 12.3. The Hall–Kier alpha value is -1.13. The molecule has 1 atom stereocenters. The molecule has 0 spiro atoms. The van der Waals surface area contributed by atoms with Crippen LogP contribution in [0.2, 0.25) is 5.02 Å². The molecule has 0 aliphatic rings. The number of benzene rings is 2. The van der Waals surface area contributed by atoms with Crippen LogP contribution >= 0.6 is 46.4 Å². The molecule has 1 amide bonds. The SMILES string of the molecule is Cc1ccc(NC(NC(=O)c2cccc(Cl)c2)C(Cl)(Cl)Cl)c(C)c1. The summed E-state index contributed by atoms with van der Waals surface area (Å²) >= 11 is 24.0. The van der Waals surface area contributed by atoms with E-state index in [2.05, 4.69) is 10.6 Å². The number of aryl methyl sites for hydroxylation is 2.